The van der Waals surface area contributed by atoms with Crippen LogP contribution in [0.5, 0.6) is 5.75 Å². The van der Waals surface area contributed by atoms with Gasteiger partial charge < -0.3 is 10.1 Å². The van der Waals surface area contributed by atoms with E-state index in [4.69, 9.17) is 4.74 Å². The van der Waals surface area contributed by atoms with Gasteiger partial charge in [-0.3, -0.25) is 4.79 Å². The third-order valence-corrected chi connectivity index (χ3v) is 5.61. The molecular formula is C17H22BrNO2. The maximum atomic E-state index is 12.5. The Balaban J connectivity index is 1.61. The van der Waals surface area contributed by atoms with E-state index in [1.165, 1.54) is 19.3 Å². The van der Waals surface area contributed by atoms with Crippen LogP contribution in [-0.2, 0) is 11.2 Å². The molecule has 21 heavy (non-hydrogen) atoms. The number of fused-ring (bicyclic) bond motifs is 1. The molecule has 2 aliphatic rings. The van der Waals surface area contributed by atoms with Crippen LogP contribution in [-0.4, -0.2) is 23.4 Å². The van der Waals surface area contributed by atoms with Crippen LogP contribution in [0.2, 0.25) is 0 Å². The van der Waals surface area contributed by atoms with Crippen molar-refractivity contribution in [2.24, 2.45) is 5.92 Å². The molecular weight excluding hydrogens is 330 g/mol. The van der Waals surface area contributed by atoms with Gasteiger partial charge in [-0.1, -0.05) is 53.4 Å². The first-order valence-corrected chi connectivity index (χ1v) is 8.81. The lowest BCUT2D eigenvalue weighted by molar-refractivity contribution is -0.127. The number of nitrogens with one attached hydrogen (secondary N) is 1. The summed E-state index contributed by atoms with van der Waals surface area (Å²) in [5.41, 5.74) is 1.14. The van der Waals surface area contributed by atoms with Crippen molar-refractivity contribution in [2.75, 3.05) is 6.61 Å². The van der Waals surface area contributed by atoms with Crippen molar-refractivity contribution < 1.29 is 9.53 Å². The lowest BCUT2D eigenvalue weighted by Gasteiger charge is -2.28. The molecule has 0 spiro atoms. The summed E-state index contributed by atoms with van der Waals surface area (Å²) in [6.07, 6.45) is 6.73. The summed E-state index contributed by atoms with van der Waals surface area (Å²) in [6.45, 7) is 0.489. The van der Waals surface area contributed by atoms with Crippen LogP contribution in [0.1, 0.15) is 37.7 Å². The Kier molecular flexibility index (Phi) is 4.84. The van der Waals surface area contributed by atoms with E-state index in [9.17, 15) is 4.79 Å². The maximum absolute atomic E-state index is 12.5. The predicted octanol–water partition coefficient (Wildman–Crippen LogP) is 3.45. The molecule has 3 unspecified atom stereocenters. The number of rotatable bonds is 2. The predicted molar refractivity (Wildman–Crippen MR) is 86.9 cm³/mol. The number of hydrogen-bond acceptors (Lipinski definition) is 2. The second kappa shape index (κ2) is 6.82. The Labute approximate surface area is 134 Å². The zero-order valence-corrected chi connectivity index (χ0v) is 13.8. The molecule has 3 rings (SSSR count). The number of amides is 1. The summed E-state index contributed by atoms with van der Waals surface area (Å²) in [5, 5.41) is 3.24. The number of carbonyl (C=O) groups excluding carboxylic acids is 1. The molecule has 1 amide bonds. The highest BCUT2D eigenvalue weighted by molar-refractivity contribution is 9.09. The SMILES string of the molecule is O=C(NC1CCCCCC1Br)C1COc2ccccc2C1. The minimum absolute atomic E-state index is 0.0668. The highest BCUT2D eigenvalue weighted by Crippen LogP contribution is 2.28. The average molecular weight is 352 g/mol. The molecule has 0 bridgehead atoms. The van der Waals surface area contributed by atoms with Crippen LogP contribution in [0.4, 0.5) is 0 Å². The first-order valence-electron chi connectivity index (χ1n) is 7.89. The third kappa shape index (κ3) is 3.60. The van der Waals surface area contributed by atoms with Crippen LogP contribution >= 0.6 is 15.9 Å². The first-order chi connectivity index (χ1) is 10.2. The molecule has 114 valence electrons. The molecule has 1 saturated carbocycles. The molecule has 1 N–H and O–H groups in total. The molecule has 1 aliphatic carbocycles. The number of benzene rings is 1. The largest absolute Gasteiger partial charge is 0.492 e. The van der Waals surface area contributed by atoms with Gasteiger partial charge in [0, 0.05) is 10.9 Å². The fourth-order valence-electron chi connectivity index (χ4n) is 3.22. The van der Waals surface area contributed by atoms with Gasteiger partial charge in [-0.15, -0.1) is 0 Å². The van der Waals surface area contributed by atoms with Gasteiger partial charge in [0.05, 0.1) is 5.92 Å². The van der Waals surface area contributed by atoms with E-state index in [1.54, 1.807) is 0 Å². The molecule has 1 aromatic rings. The molecule has 1 fully saturated rings. The number of ether oxygens (including phenoxy) is 1. The van der Waals surface area contributed by atoms with E-state index in [0.29, 0.717) is 11.4 Å². The van der Waals surface area contributed by atoms with E-state index in [1.807, 2.05) is 24.3 Å². The number of para-hydroxylation sites is 1. The maximum Gasteiger partial charge on any atom is 0.227 e. The van der Waals surface area contributed by atoms with Gasteiger partial charge in [-0.2, -0.15) is 0 Å². The first kappa shape index (κ1) is 14.9. The normalized spacial score (nSPS) is 28.9. The Bertz CT molecular complexity index is 505. The molecule has 1 aromatic carbocycles. The van der Waals surface area contributed by atoms with E-state index < -0.39 is 0 Å². The number of carbonyl (C=O) groups is 1. The van der Waals surface area contributed by atoms with E-state index in [0.717, 1.165) is 30.6 Å². The molecule has 4 heteroatoms. The lowest BCUT2D eigenvalue weighted by atomic mass is 9.95. The van der Waals surface area contributed by atoms with Gasteiger partial charge >= 0.3 is 0 Å². The van der Waals surface area contributed by atoms with Crippen LogP contribution < -0.4 is 10.1 Å². The van der Waals surface area contributed by atoms with Gasteiger partial charge in [-0.05, 0) is 30.9 Å². The Morgan fingerprint density at radius 2 is 2.00 bits per heavy atom. The van der Waals surface area contributed by atoms with Crippen molar-refractivity contribution in [1.82, 2.24) is 5.32 Å². The average Bonchev–Trinajstić information content (AvgIpc) is 2.72. The van der Waals surface area contributed by atoms with Crippen LogP contribution in [0.25, 0.3) is 0 Å². The van der Waals surface area contributed by atoms with Gasteiger partial charge in [-0.25, -0.2) is 0 Å². The number of alkyl halides is 1. The fraction of sp³-hybridized carbons (Fsp3) is 0.588. The van der Waals surface area contributed by atoms with Crippen LogP contribution in [0.15, 0.2) is 24.3 Å². The summed E-state index contributed by atoms with van der Waals surface area (Å²) >= 11 is 3.74. The molecule has 0 saturated heterocycles. The lowest BCUT2D eigenvalue weighted by Crippen LogP contribution is -2.45. The van der Waals surface area contributed by atoms with Crippen molar-refractivity contribution in [3.05, 3.63) is 29.8 Å². The smallest absolute Gasteiger partial charge is 0.227 e. The summed E-state index contributed by atoms with van der Waals surface area (Å²) < 4.78 is 5.73. The van der Waals surface area contributed by atoms with Crippen molar-refractivity contribution in [3.8, 4) is 5.75 Å². The quantitative estimate of drug-likeness (QED) is 0.654. The van der Waals surface area contributed by atoms with Gasteiger partial charge in [0.1, 0.15) is 12.4 Å². The van der Waals surface area contributed by atoms with Gasteiger partial charge in [0.15, 0.2) is 0 Å². The summed E-state index contributed by atoms with van der Waals surface area (Å²) in [4.78, 5) is 12.9. The summed E-state index contributed by atoms with van der Waals surface area (Å²) in [5.74, 6) is 0.998. The van der Waals surface area contributed by atoms with Crippen molar-refractivity contribution in [2.45, 2.75) is 49.4 Å². The van der Waals surface area contributed by atoms with Gasteiger partial charge in [0.2, 0.25) is 5.91 Å². The second-order valence-electron chi connectivity index (χ2n) is 6.09. The van der Waals surface area contributed by atoms with Crippen LogP contribution in [0, 0.1) is 5.92 Å². The van der Waals surface area contributed by atoms with E-state index in [2.05, 4.69) is 21.2 Å². The molecule has 0 aromatic heterocycles. The Morgan fingerprint density at radius 3 is 2.90 bits per heavy atom. The fourth-order valence-corrected chi connectivity index (χ4v) is 3.94. The topological polar surface area (TPSA) is 38.3 Å². The standard InChI is InChI=1S/C17H22BrNO2/c18-14-7-2-1-3-8-15(14)19-17(20)13-10-12-6-4-5-9-16(12)21-11-13/h4-6,9,13-15H,1-3,7-8,10-11H2,(H,19,20). The van der Waals surface area contributed by atoms with E-state index >= 15 is 0 Å². The van der Waals surface area contributed by atoms with Crippen molar-refractivity contribution >= 4 is 21.8 Å². The zero-order chi connectivity index (χ0) is 14.7. The zero-order valence-electron chi connectivity index (χ0n) is 12.2. The van der Waals surface area contributed by atoms with E-state index in [-0.39, 0.29) is 17.9 Å². The molecule has 0 radical (unpaired) electrons. The summed E-state index contributed by atoms with van der Waals surface area (Å²) in [7, 11) is 0. The molecule has 1 heterocycles. The van der Waals surface area contributed by atoms with Crippen molar-refractivity contribution in [1.29, 1.82) is 0 Å². The number of hydrogen-bond donors (Lipinski definition) is 1. The molecule has 3 atom stereocenters. The molecule has 3 nitrogen and oxygen atoms in total. The minimum Gasteiger partial charge on any atom is -0.492 e. The second-order valence-corrected chi connectivity index (χ2v) is 7.27. The Morgan fingerprint density at radius 1 is 1.19 bits per heavy atom. The minimum atomic E-state index is -0.0668. The Hall–Kier alpha value is -1.03. The van der Waals surface area contributed by atoms with Crippen LogP contribution in [0.3, 0.4) is 0 Å². The summed E-state index contributed by atoms with van der Waals surface area (Å²) in [6, 6.07) is 8.26. The third-order valence-electron chi connectivity index (χ3n) is 4.51. The highest BCUT2D eigenvalue weighted by Gasteiger charge is 2.29. The number of halogens is 1. The molecule has 1 aliphatic heterocycles. The monoisotopic (exact) mass is 351 g/mol. The van der Waals surface area contributed by atoms with Crippen molar-refractivity contribution in [3.63, 3.8) is 0 Å². The highest BCUT2D eigenvalue weighted by atomic mass is 79.9. The van der Waals surface area contributed by atoms with Gasteiger partial charge in [0.25, 0.3) is 0 Å².